The van der Waals surface area contributed by atoms with E-state index in [1.807, 2.05) is 14.0 Å². The highest BCUT2D eigenvalue weighted by molar-refractivity contribution is 6.03. The van der Waals surface area contributed by atoms with Crippen molar-refractivity contribution in [2.24, 2.45) is 5.92 Å². The van der Waals surface area contributed by atoms with Crippen LogP contribution in [0.1, 0.15) is 26.7 Å². The Labute approximate surface area is 84.7 Å². The molecule has 1 aliphatic heterocycles. The van der Waals surface area contributed by atoms with Crippen LogP contribution in [-0.4, -0.2) is 36.3 Å². The van der Waals surface area contributed by atoms with E-state index >= 15 is 0 Å². The van der Waals surface area contributed by atoms with Crippen LogP contribution in [0.4, 0.5) is 0 Å². The van der Waals surface area contributed by atoms with Gasteiger partial charge in [0.2, 0.25) is 11.8 Å². The third kappa shape index (κ3) is 2.12. The van der Waals surface area contributed by atoms with Gasteiger partial charge in [-0.2, -0.15) is 0 Å². The molecule has 14 heavy (non-hydrogen) atoms. The van der Waals surface area contributed by atoms with Crippen molar-refractivity contribution in [1.29, 1.82) is 0 Å². The van der Waals surface area contributed by atoms with Crippen LogP contribution in [0.25, 0.3) is 0 Å². The first-order valence-electron chi connectivity index (χ1n) is 5.11. The van der Waals surface area contributed by atoms with E-state index in [9.17, 15) is 9.59 Å². The molecule has 2 unspecified atom stereocenters. The summed E-state index contributed by atoms with van der Waals surface area (Å²) in [6, 6.07) is 0.216. The van der Waals surface area contributed by atoms with Gasteiger partial charge in [0.15, 0.2) is 0 Å². The number of nitrogens with one attached hydrogen (secondary N) is 1. The number of hydrogen-bond acceptors (Lipinski definition) is 3. The van der Waals surface area contributed by atoms with Crippen LogP contribution in [-0.2, 0) is 9.59 Å². The third-order valence-corrected chi connectivity index (χ3v) is 2.77. The molecule has 4 nitrogen and oxygen atoms in total. The molecule has 0 aromatic heterocycles. The Balaban J connectivity index is 2.59. The summed E-state index contributed by atoms with van der Waals surface area (Å²) in [6.07, 6.45) is 1.29. The lowest BCUT2D eigenvalue weighted by Gasteiger charge is -2.21. The number of imide groups is 1. The molecule has 0 bridgehead atoms. The van der Waals surface area contributed by atoms with Crippen LogP contribution in [0.3, 0.4) is 0 Å². The van der Waals surface area contributed by atoms with Gasteiger partial charge in [-0.3, -0.25) is 14.5 Å². The summed E-state index contributed by atoms with van der Waals surface area (Å²) in [5, 5.41) is 3.09. The molecule has 0 radical (unpaired) electrons. The monoisotopic (exact) mass is 198 g/mol. The summed E-state index contributed by atoms with van der Waals surface area (Å²) in [7, 11) is 1.85. The minimum absolute atomic E-state index is 0.0244. The highest BCUT2D eigenvalue weighted by atomic mass is 16.2. The first-order chi connectivity index (χ1) is 6.60. The lowest BCUT2D eigenvalue weighted by molar-refractivity contribution is -0.139. The van der Waals surface area contributed by atoms with Gasteiger partial charge in [-0.1, -0.05) is 13.8 Å². The van der Waals surface area contributed by atoms with Crippen molar-refractivity contribution in [2.75, 3.05) is 13.6 Å². The average molecular weight is 198 g/mol. The zero-order chi connectivity index (χ0) is 10.7. The summed E-state index contributed by atoms with van der Waals surface area (Å²) in [5.41, 5.74) is 0. The Bertz CT molecular complexity index is 236. The Morgan fingerprint density at radius 1 is 1.57 bits per heavy atom. The van der Waals surface area contributed by atoms with Crippen LogP contribution in [0, 0.1) is 5.92 Å². The van der Waals surface area contributed by atoms with Crippen LogP contribution in [0.5, 0.6) is 0 Å². The fourth-order valence-corrected chi connectivity index (χ4v) is 1.69. The van der Waals surface area contributed by atoms with E-state index < -0.39 is 0 Å². The number of carbonyl (C=O) groups is 2. The smallest absolute Gasteiger partial charge is 0.232 e. The van der Waals surface area contributed by atoms with Gasteiger partial charge in [0.1, 0.15) is 0 Å². The van der Waals surface area contributed by atoms with Crippen LogP contribution in [0.2, 0.25) is 0 Å². The zero-order valence-electron chi connectivity index (χ0n) is 9.04. The molecule has 0 aromatic carbocycles. The lowest BCUT2D eigenvalue weighted by Crippen LogP contribution is -2.42. The maximum atomic E-state index is 11.6. The predicted molar refractivity (Wildman–Crippen MR) is 53.6 cm³/mol. The summed E-state index contributed by atoms with van der Waals surface area (Å²) in [5.74, 6) is -0.184. The molecule has 1 aliphatic rings. The molecular formula is C10H18N2O2. The molecule has 2 atom stereocenters. The molecule has 1 saturated heterocycles. The van der Waals surface area contributed by atoms with Crippen LogP contribution >= 0.6 is 0 Å². The van der Waals surface area contributed by atoms with E-state index in [2.05, 4.69) is 5.32 Å². The maximum absolute atomic E-state index is 11.6. The standard InChI is InChI=1S/C10H18N2O2/c1-4-8(11-3)6-12-9(13)5-7(2)10(12)14/h7-8,11H,4-6H2,1-3H3. The SMILES string of the molecule is CCC(CN1C(=O)CC(C)C1=O)NC. The van der Waals surface area contributed by atoms with E-state index in [-0.39, 0.29) is 23.8 Å². The molecule has 2 amide bonds. The lowest BCUT2D eigenvalue weighted by atomic mass is 10.1. The molecule has 1 rings (SSSR count). The molecule has 0 aliphatic carbocycles. The Morgan fingerprint density at radius 2 is 2.21 bits per heavy atom. The average Bonchev–Trinajstić information content (AvgIpc) is 2.40. The van der Waals surface area contributed by atoms with Crippen molar-refractivity contribution < 1.29 is 9.59 Å². The van der Waals surface area contributed by atoms with Crippen molar-refractivity contribution in [3.8, 4) is 0 Å². The molecule has 1 fully saturated rings. The van der Waals surface area contributed by atoms with E-state index in [1.165, 1.54) is 4.90 Å². The number of nitrogens with zero attached hydrogens (tertiary/aromatic N) is 1. The zero-order valence-corrected chi connectivity index (χ0v) is 9.04. The van der Waals surface area contributed by atoms with Crippen molar-refractivity contribution in [3.63, 3.8) is 0 Å². The molecular weight excluding hydrogens is 180 g/mol. The van der Waals surface area contributed by atoms with Gasteiger partial charge < -0.3 is 5.32 Å². The summed E-state index contributed by atoms with van der Waals surface area (Å²) in [6.45, 7) is 4.35. The normalized spacial score (nSPS) is 24.5. The van der Waals surface area contributed by atoms with E-state index in [1.54, 1.807) is 6.92 Å². The number of likely N-dealkylation sites (tertiary alicyclic amines) is 1. The number of amides is 2. The summed E-state index contributed by atoms with van der Waals surface area (Å²) >= 11 is 0. The molecule has 0 spiro atoms. The van der Waals surface area contributed by atoms with E-state index in [4.69, 9.17) is 0 Å². The first kappa shape index (κ1) is 11.2. The fourth-order valence-electron chi connectivity index (χ4n) is 1.69. The van der Waals surface area contributed by atoms with E-state index in [0.29, 0.717) is 13.0 Å². The van der Waals surface area contributed by atoms with Gasteiger partial charge in [-0.25, -0.2) is 0 Å². The molecule has 0 saturated carbocycles. The highest BCUT2D eigenvalue weighted by Crippen LogP contribution is 2.18. The largest absolute Gasteiger partial charge is 0.315 e. The van der Waals surface area contributed by atoms with Gasteiger partial charge >= 0.3 is 0 Å². The van der Waals surface area contributed by atoms with Crippen LogP contribution in [0.15, 0.2) is 0 Å². The number of rotatable bonds is 4. The number of carbonyl (C=O) groups excluding carboxylic acids is 2. The van der Waals surface area contributed by atoms with Crippen molar-refractivity contribution >= 4 is 11.8 Å². The van der Waals surface area contributed by atoms with Crippen molar-refractivity contribution in [1.82, 2.24) is 10.2 Å². The molecule has 1 N–H and O–H groups in total. The second-order valence-corrected chi connectivity index (χ2v) is 3.84. The van der Waals surface area contributed by atoms with Gasteiger partial charge in [0.25, 0.3) is 0 Å². The quantitative estimate of drug-likeness (QED) is 0.664. The van der Waals surface area contributed by atoms with Gasteiger partial charge in [0, 0.05) is 24.9 Å². The number of hydrogen-bond donors (Lipinski definition) is 1. The van der Waals surface area contributed by atoms with Gasteiger partial charge in [-0.05, 0) is 13.5 Å². The second kappa shape index (κ2) is 4.55. The minimum Gasteiger partial charge on any atom is -0.315 e. The molecule has 1 heterocycles. The van der Waals surface area contributed by atoms with Gasteiger partial charge in [-0.15, -0.1) is 0 Å². The van der Waals surface area contributed by atoms with Crippen molar-refractivity contribution in [3.05, 3.63) is 0 Å². The van der Waals surface area contributed by atoms with E-state index in [0.717, 1.165) is 6.42 Å². The second-order valence-electron chi connectivity index (χ2n) is 3.84. The Kier molecular flexibility index (Phi) is 3.63. The Hall–Kier alpha value is -0.900. The molecule has 80 valence electrons. The van der Waals surface area contributed by atoms with Gasteiger partial charge in [0.05, 0.1) is 0 Å². The topological polar surface area (TPSA) is 49.4 Å². The predicted octanol–water partition coefficient (Wildman–Crippen LogP) is 0.379. The number of likely N-dealkylation sites (N-methyl/N-ethyl adjacent to an activating group) is 1. The summed E-state index contributed by atoms with van der Waals surface area (Å²) < 4.78 is 0. The first-order valence-corrected chi connectivity index (χ1v) is 5.11. The minimum atomic E-state index is -0.128. The van der Waals surface area contributed by atoms with Crippen LogP contribution < -0.4 is 5.32 Å². The fraction of sp³-hybridized carbons (Fsp3) is 0.800. The third-order valence-electron chi connectivity index (χ3n) is 2.77. The molecule has 4 heteroatoms. The summed E-state index contributed by atoms with van der Waals surface area (Å²) in [4.78, 5) is 24.4. The Morgan fingerprint density at radius 3 is 2.57 bits per heavy atom. The maximum Gasteiger partial charge on any atom is 0.232 e. The highest BCUT2D eigenvalue weighted by Gasteiger charge is 2.36. The van der Waals surface area contributed by atoms with Crippen molar-refractivity contribution in [2.45, 2.75) is 32.7 Å². The molecule has 0 aromatic rings.